The summed E-state index contributed by atoms with van der Waals surface area (Å²) in [5.74, 6) is 0.382. The Bertz CT molecular complexity index is 465. The van der Waals surface area contributed by atoms with Crippen molar-refractivity contribution in [3.63, 3.8) is 0 Å². The van der Waals surface area contributed by atoms with Gasteiger partial charge >= 0.3 is 0 Å². The number of nitrogens with two attached hydrogens (primary N) is 1. The fourth-order valence-corrected chi connectivity index (χ4v) is 1.57. The van der Waals surface area contributed by atoms with Crippen LogP contribution in [0.2, 0.25) is 0 Å². The molecule has 0 aromatic carbocycles. The summed E-state index contributed by atoms with van der Waals surface area (Å²) in [6.45, 7) is 17.1. The molecule has 0 rings (SSSR count). The Morgan fingerprint density at radius 2 is 2.04 bits per heavy atom. The molecule has 0 aliphatic heterocycles. The maximum atomic E-state index is 6.05. The first kappa shape index (κ1) is 21.0. The van der Waals surface area contributed by atoms with Gasteiger partial charge in [0, 0.05) is 17.8 Å². The number of ether oxygens (including phenoxy) is 2. The molecular weight excluding hydrogens is 290 g/mol. The van der Waals surface area contributed by atoms with Crippen LogP contribution in [0.5, 0.6) is 0 Å². The van der Waals surface area contributed by atoms with Crippen molar-refractivity contribution in [2.75, 3.05) is 19.8 Å². The zero-order valence-electron chi connectivity index (χ0n) is 14.9. The van der Waals surface area contributed by atoms with E-state index in [0.717, 1.165) is 29.8 Å². The van der Waals surface area contributed by atoms with Gasteiger partial charge in [0.2, 0.25) is 0 Å². The molecule has 3 N–H and O–H groups in total. The van der Waals surface area contributed by atoms with Crippen LogP contribution in [0, 0.1) is 0 Å². The van der Waals surface area contributed by atoms with E-state index in [1.807, 2.05) is 33.8 Å². The van der Waals surface area contributed by atoms with Crippen molar-refractivity contribution < 1.29 is 9.47 Å². The Labute approximate surface area is 140 Å². The molecule has 0 saturated carbocycles. The average Bonchev–Trinajstić information content (AvgIpc) is 2.52. The molecule has 23 heavy (non-hydrogen) atoms. The quantitative estimate of drug-likeness (QED) is 0.145. The molecular formula is C18H31N3O2. The van der Waals surface area contributed by atoms with Crippen LogP contribution in [-0.4, -0.2) is 32.2 Å². The van der Waals surface area contributed by atoms with E-state index in [1.54, 1.807) is 12.4 Å². The smallest absolute Gasteiger partial charge is 0.187 e. The number of hydrogen-bond donors (Lipinski definition) is 2. The molecule has 0 aromatic rings. The highest BCUT2D eigenvalue weighted by Gasteiger charge is 2.10. The number of rotatable bonds is 12. The van der Waals surface area contributed by atoms with Gasteiger partial charge in [-0.15, -0.1) is 6.58 Å². The van der Waals surface area contributed by atoms with Crippen LogP contribution in [0.1, 0.15) is 34.1 Å². The lowest BCUT2D eigenvalue weighted by Crippen LogP contribution is -2.22. The molecule has 0 heterocycles. The summed E-state index contributed by atoms with van der Waals surface area (Å²) in [4.78, 5) is 4.13. The summed E-state index contributed by atoms with van der Waals surface area (Å²) in [7, 11) is 0. The third-order valence-electron chi connectivity index (χ3n) is 2.99. The minimum absolute atomic E-state index is 0.0822. The lowest BCUT2D eigenvalue weighted by atomic mass is 10.1. The van der Waals surface area contributed by atoms with Crippen LogP contribution < -0.4 is 11.1 Å². The molecule has 0 amide bonds. The highest BCUT2D eigenvalue weighted by molar-refractivity contribution is 5.60. The van der Waals surface area contributed by atoms with E-state index in [-0.39, 0.29) is 6.10 Å². The van der Waals surface area contributed by atoms with Gasteiger partial charge in [-0.1, -0.05) is 19.6 Å². The van der Waals surface area contributed by atoms with Gasteiger partial charge < -0.3 is 20.5 Å². The second-order valence-electron chi connectivity index (χ2n) is 5.13. The molecule has 1 atom stereocenters. The molecule has 5 nitrogen and oxygen atoms in total. The second-order valence-corrected chi connectivity index (χ2v) is 5.13. The van der Waals surface area contributed by atoms with E-state index >= 15 is 0 Å². The Morgan fingerprint density at radius 3 is 2.57 bits per heavy atom. The first-order valence-electron chi connectivity index (χ1n) is 7.90. The molecule has 0 bridgehead atoms. The predicted octanol–water partition coefficient (Wildman–Crippen LogP) is 3.27. The Morgan fingerprint density at radius 1 is 1.35 bits per heavy atom. The molecule has 0 saturated heterocycles. The highest BCUT2D eigenvalue weighted by Crippen LogP contribution is 2.12. The Balaban J connectivity index is 4.93. The van der Waals surface area contributed by atoms with Gasteiger partial charge in [-0.3, -0.25) is 4.99 Å². The molecule has 0 spiro atoms. The normalized spacial score (nSPS) is 14.3. The van der Waals surface area contributed by atoms with Crippen LogP contribution in [0.3, 0.4) is 0 Å². The maximum absolute atomic E-state index is 6.05. The number of allylic oxidation sites excluding steroid dienone is 3. The van der Waals surface area contributed by atoms with E-state index in [4.69, 9.17) is 15.2 Å². The molecule has 0 aromatic heterocycles. The summed E-state index contributed by atoms with van der Waals surface area (Å²) in [6, 6.07) is 0. The van der Waals surface area contributed by atoms with E-state index in [2.05, 4.69) is 23.5 Å². The van der Waals surface area contributed by atoms with Crippen molar-refractivity contribution in [3.8, 4) is 0 Å². The average molecular weight is 321 g/mol. The zero-order valence-corrected chi connectivity index (χ0v) is 14.9. The first-order chi connectivity index (χ1) is 11.0. The van der Waals surface area contributed by atoms with Crippen molar-refractivity contribution in [1.29, 1.82) is 0 Å². The van der Waals surface area contributed by atoms with E-state index in [1.165, 1.54) is 0 Å². The van der Waals surface area contributed by atoms with Crippen LogP contribution in [0.4, 0.5) is 0 Å². The summed E-state index contributed by atoms with van der Waals surface area (Å²) in [5.41, 5.74) is 8.61. The number of hydrogen-bond acceptors (Lipinski definition) is 4. The fraction of sp³-hybridized carbons (Fsp3) is 0.500. The third-order valence-corrected chi connectivity index (χ3v) is 2.99. The van der Waals surface area contributed by atoms with E-state index < -0.39 is 0 Å². The lowest BCUT2D eigenvalue weighted by molar-refractivity contribution is 0.0215. The van der Waals surface area contributed by atoms with Crippen LogP contribution in [0.15, 0.2) is 53.0 Å². The van der Waals surface area contributed by atoms with Gasteiger partial charge in [-0.2, -0.15) is 0 Å². The van der Waals surface area contributed by atoms with Crippen LogP contribution >= 0.6 is 0 Å². The summed E-state index contributed by atoms with van der Waals surface area (Å²) >= 11 is 0. The SMILES string of the molecule is C=CCOCC(CC)O/C(N)=C(C)/C=C(/NC=NCC)C(=C)C. The number of nitrogens with one attached hydrogen (secondary N) is 1. The van der Waals surface area contributed by atoms with Crippen molar-refractivity contribution >= 4 is 6.34 Å². The molecule has 1 unspecified atom stereocenters. The maximum Gasteiger partial charge on any atom is 0.187 e. The fourth-order valence-electron chi connectivity index (χ4n) is 1.57. The van der Waals surface area contributed by atoms with E-state index in [0.29, 0.717) is 19.1 Å². The number of aliphatic imine (C=N–C) groups is 1. The topological polar surface area (TPSA) is 68.9 Å². The Kier molecular flexibility index (Phi) is 11.4. The second kappa shape index (κ2) is 12.5. The minimum Gasteiger partial charge on any atom is -0.473 e. The van der Waals surface area contributed by atoms with Gasteiger partial charge in [0.25, 0.3) is 0 Å². The zero-order chi connectivity index (χ0) is 17.7. The van der Waals surface area contributed by atoms with Gasteiger partial charge in [-0.05, 0) is 38.8 Å². The largest absolute Gasteiger partial charge is 0.473 e. The summed E-state index contributed by atoms with van der Waals surface area (Å²) in [6.07, 6.45) is 5.99. The monoisotopic (exact) mass is 321 g/mol. The molecule has 0 fully saturated rings. The minimum atomic E-state index is -0.0822. The molecule has 0 aliphatic carbocycles. The van der Waals surface area contributed by atoms with Gasteiger partial charge in [0.1, 0.15) is 6.10 Å². The lowest BCUT2D eigenvalue weighted by Gasteiger charge is -2.18. The molecule has 130 valence electrons. The molecule has 0 radical (unpaired) electrons. The van der Waals surface area contributed by atoms with Crippen molar-refractivity contribution in [1.82, 2.24) is 5.32 Å². The third kappa shape index (κ3) is 9.58. The van der Waals surface area contributed by atoms with Gasteiger partial charge in [0.05, 0.1) is 19.6 Å². The number of nitrogens with zero attached hydrogens (tertiary/aromatic N) is 1. The highest BCUT2D eigenvalue weighted by atomic mass is 16.5. The summed E-state index contributed by atoms with van der Waals surface area (Å²) < 4.78 is 11.2. The molecule has 0 aliphatic rings. The Hall–Kier alpha value is -2.01. The predicted molar refractivity (Wildman–Crippen MR) is 98.1 cm³/mol. The van der Waals surface area contributed by atoms with Crippen molar-refractivity contribution in [2.45, 2.75) is 40.2 Å². The van der Waals surface area contributed by atoms with Crippen molar-refractivity contribution in [2.24, 2.45) is 10.7 Å². The van der Waals surface area contributed by atoms with E-state index in [9.17, 15) is 0 Å². The van der Waals surface area contributed by atoms with Gasteiger partial charge in [0.15, 0.2) is 5.88 Å². The standard InChI is InChI=1S/C18H31N3O2/c1-7-10-22-12-16(8-2)23-18(19)15(6)11-17(14(4)5)21-13-20-9-3/h7,11,13,16H,1,4,8-10,12,19H2,2-3,5-6H3,(H,20,21)/b17-11+,18-15+. The van der Waals surface area contributed by atoms with Crippen LogP contribution in [-0.2, 0) is 9.47 Å². The molecule has 5 heteroatoms. The van der Waals surface area contributed by atoms with Gasteiger partial charge in [-0.25, -0.2) is 0 Å². The van der Waals surface area contributed by atoms with Crippen LogP contribution in [0.25, 0.3) is 0 Å². The summed E-state index contributed by atoms with van der Waals surface area (Å²) in [5, 5.41) is 3.10. The van der Waals surface area contributed by atoms with Crippen molar-refractivity contribution in [3.05, 3.63) is 48.0 Å². The first-order valence-corrected chi connectivity index (χ1v) is 7.90.